The van der Waals surface area contributed by atoms with Gasteiger partial charge in [0.1, 0.15) is 0 Å². The molecule has 7 heavy (non-hydrogen) atoms. The van der Waals surface area contributed by atoms with Crippen LogP contribution in [0.25, 0.3) is 0 Å². The predicted molar refractivity (Wildman–Crippen MR) is 13.1 cm³/mol. The van der Waals surface area contributed by atoms with Crippen molar-refractivity contribution >= 4 is 0 Å². The van der Waals surface area contributed by atoms with E-state index in [-0.39, 0.29) is 0 Å². The van der Waals surface area contributed by atoms with Crippen LogP contribution in [0.5, 0.6) is 0 Å². The normalized spacial score (nSPS) is 12.0. The van der Waals surface area contributed by atoms with Gasteiger partial charge in [-0.05, 0) is 4.53 Å². The van der Waals surface area contributed by atoms with Gasteiger partial charge in [-0.15, -0.1) is 0 Å². The van der Waals surface area contributed by atoms with Gasteiger partial charge in [-0.3, -0.25) is 0 Å². The number of alkyl halides is 3. The highest BCUT2D eigenvalue weighted by Gasteiger charge is 2.27. The Hall–Kier alpha value is -0.320. The molecule has 0 radical (unpaired) electrons. The van der Waals surface area contributed by atoms with Gasteiger partial charge in [0, 0.05) is 0 Å². The highest BCUT2D eigenvalue weighted by atomic mass is 19.4. The molecule has 0 N–H and O–H groups in total. The molecule has 0 fully saturated rings. The molecule has 0 amide bonds. The van der Waals surface area contributed by atoms with Crippen LogP contribution in [0.3, 0.4) is 0 Å². The Morgan fingerprint density at radius 1 is 1.29 bits per heavy atom. The lowest BCUT2D eigenvalue weighted by atomic mass is 10.7. The second kappa shape index (κ2) is 2.11. The number of halogens is 4. The minimum absolute atomic E-state index is 1.83. The Labute approximate surface area is 36.8 Å². The molecule has 0 saturated heterocycles. The molecule has 44 valence electrons. The van der Waals surface area contributed by atoms with Crippen molar-refractivity contribution < 1.29 is 22.6 Å². The second-order valence-electron chi connectivity index (χ2n) is 0.869. The molecule has 0 bridgehead atoms. The maximum atomic E-state index is 10.7. The van der Waals surface area contributed by atoms with Crippen molar-refractivity contribution in [3.8, 4) is 0 Å². The summed E-state index contributed by atoms with van der Waals surface area (Å²) in [5, 5.41) is 0. The molecular weight excluding hydrogens is 116 g/mol. The molecule has 0 spiro atoms. The van der Waals surface area contributed by atoms with E-state index in [1.165, 1.54) is 0 Å². The first-order valence-electron chi connectivity index (χ1n) is 1.36. The summed E-state index contributed by atoms with van der Waals surface area (Å²) in [6.07, 6.45) is -4.55. The van der Waals surface area contributed by atoms with Crippen molar-refractivity contribution in [1.82, 2.24) is 0 Å². The van der Waals surface area contributed by atoms with Gasteiger partial charge in [0.25, 0.3) is 0 Å². The molecule has 0 atom stereocenters. The summed E-state index contributed by atoms with van der Waals surface area (Å²) >= 11 is 0. The van der Waals surface area contributed by atoms with Gasteiger partial charge >= 0.3 is 6.18 Å². The Kier molecular flexibility index (Phi) is 2.01. The van der Waals surface area contributed by atoms with E-state index in [1.807, 2.05) is 0 Å². The standard InChI is InChI=1S/C2H2F4O/c3-2(4,5)1-7-6/h1H2. The molecule has 0 unspecified atom stereocenters. The fourth-order valence-electron chi connectivity index (χ4n) is 0.0619. The summed E-state index contributed by atoms with van der Waals surface area (Å²) in [7, 11) is 0. The summed E-state index contributed by atoms with van der Waals surface area (Å²) in [5.41, 5.74) is 0. The van der Waals surface area contributed by atoms with Gasteiger partial charge in [0.15, 0.2) is 6.61 Å². The summed E-state index contributed by atoms with van der Waals surface area (Å²) in [5.74, 6) is 0. The van der Waals surface area contributed by atoms with Crippen LogP contribution in [0.4, 0.5) is 17.7 Å². The average Bonchev–Trinajstić information content (AvgIpc) is 1.30. The molecule has 0 aliphatic carbocycles. The van der Waals surface area contributed by atoms with E-state index in [4.69, 9.17) is 0 Å². The number of rotatable bonds is 1. The van der Waals surface area contributed by atoms with Crippen LogP contribution in [0.1, 0.15) is 0 Å². The summed E-state index contributed by atoms with van der Waals surface area (Å²) < 4.78 is 42.3. The molecule has 0 aliphatic rings. The zero-order valence-electron chi connectivity index (χ0n) is 3.13. The lowest BCUT2D eigenvalue weighted by Crippen LogP contribution is -2.13. The fourth-order valence-corrected chi connectivity index (χ4v) is 0.0619. The monoisotopic (exact) mass is 118 g/mol. The minimum atomic E-state index is -4.55. The molecule has 0 aromatic carbocycles. The summed E-state index contributed by atoms with van der Waals surface area (Å²) in [4.78, 5) is 2.28. The minimum Gasteiger partial charge on any atom is -0.185 e. The molecule has 0 rings (SSSR count). The van der Waals surface area contributed by atoms with Crippen molar-refractivity contribution in [3.63, 3.8) is 0 Å². The quantitative estimate of drug-likeness (QED) is 0.473. The van der Waals surface area contributed by atoms with Crippen LogP contribution < -0.4 is 0 Å². The maximum absolute atomic E-state index is 10.7. The number of hydrogen-bond donors (Lipinski definition) is 0. The molecule has 0 aliphatic heterocycles. The lowest BCUT2D eigenvalue weighted by molar-refractivity contribution is -0.245. The first kappa shape index (κ1) is 6.68. The van der Waals surface area contributed by atoms with E-state index in [1.54, 1.807) is 0 Å². The Morgan fingerprint density at radius 3 is 1.71 bits per heavy atom. The number of hydrogen-bond acceptors (Lipinski definition) is 1. The molecule has 5 heteroatoms. The van der Waals surface area contributed by atoms with E-state index in [9.17, 15) is 17.7 Å². The van der Waals surface area contributed by atoms with E-state index in [2.05, 4.69) is 4.94 Å². The van der Waals surface area contributed by atoms with E-state index >= 15 is 0 Å². The molecule has 0 heterocycles. The van der Waals surface area contributed by atoms with Crippen molar-refractivity contribution in [2.24, 2.45) is 0 Å². The highest BCUT2D eigenvalue weighted by molar-refractivity contribution is 4.40. The zero-order chi connectivity index (χ0) is 5.91. The van der Waals surface area contributed by atoms with Gasteiger partial charge in [-0.2, -0.15) is 18.1 Å². The Morgan fingerprint density at radius 2 is 1.71 bits per heavy atom. The Bertz CT molecular complexity index is 48.1. The van der Waals surface area contributed by atoms with Gasteiger partial charge in [0.05, 0.1) is 0 Å². The van der Waals surface area contributed by atoms with Crippen LogP contribution in [-0.2, 0) is 4.94 Å². The first-order valence-corrected chi connectivity index (χ1v) is 1.36. The van der Waals surface area contributed by atoms with Gasteiger partial charge in [-0.1, -0.05) is 0 Å². The van der Waals surface area contributed by atoms with Crippen LogP contribution in [0, 0.1) is 0 Å². The zero-order valence-corrected chi connectivity index (χ0v) is 3.13. The average molecular weight is 118 g/mol. The Balaban J connectivity index is 3.15. The third-order valence-corrected chi connectivity index (χ3v) is 0.218. The summed E-state index contributed by atoms with van der Waals surface area (Å²) in [6.45, 7) is -1.83. The van der Waals surface area contributed by atoms with Crippen molar-refractivity contribution in [2.45, 2.75) is 6.18 Å². The van der Waals surface area contributed by atoms with Gasteiger partial charge in [0.2, 0.25) is 0 Å². The van der Waals surface area contributed by atoms with E-state index in [0.717, 1.165) is 0 Å². The van der Waals surface area contributed by atoms with Crippen molar-refractivity contribution in [2.75, 3.05) is 6.61 Å². The van der Waals surface area contributed by atoms with Crippen LogP contribution in [-0.4, -0.2) is 12.8 Å². The fraction of sp³-hybridized carbons (Fsp3) is 1.00. The van der Waals surface area contributed by atoms with Crippen molar-refractivity contribution in [3.05, 3.63) is 0 Å². The topological polar surface area (TPSA) is 9.23 Å². The van der Waals surface area contributed by atoms with E-state index < -0.39 is 12.8 Å². The molecule has 0 aromatic rings. The highest BCUT2D eigenvalue weighted by Crippen LogP contribution is 2.13. The third kappa shape index (κ3) is 5.68. The van der Waals surface area contributed by atoms with Gasteiger partial charge < -0.3 is 0 Å². The van der Waals surface area contributed by atoms with Crippen LogP contribution in [0.15, 0.2) is 0 Å². The second-order valence-corrected chi connectivity index (χ2v) is 0.869. The SMILES string of the molecule is FOCC(F)(F)F. The third-order valence-electron chi connectivity index (χ3n) is 0.218. The lowest BCUT2D eigenvalue weighted by Gasteiger charge is -1.97. The molecule has 0 aromatic heterocycles. The van der Waals surface area contributed by atoms with Crippen molar-refractivity contribution in [1.29, 1.82) is 0 Å². The molecule has 0 saturated carbocycles. The van der Waals surface area contributed by atoms with Gasteiger partial charge in [-0.25, -0.2) is 0 Å². The summed E-state index contributed by atoms with van der Waals surface area (Å²) in [6, 6.07) is 0. The smallest absolute Gasteiger partial charge is 0.185 e. The maximum Gasteiger partial charge on any atom is 0.415 e. The molecular formula is C2H2F4O. The van der Waals surface area contributed by atoms with E-state index in [0.29, 0.717) is 0 Å². The predicted octanol–water partition coefficient (Wildman–Crippen LogP) is 1.45. The largest absolute Gasteiger partial charge is 0.415 e. The van der Waals surface area contributed by atoms with Crippen LogP contribution >= 0.6 is 0 Å². The first-order chi connectivity index (χ1) is 3.06. The van der Waals surface area contributed by atoms with Crippen LogP contribution in [0.2, 0.25) is 0 Å². The molecule has 1 nitrogen and oxygen atoms in total.